The van der Waals surface area contributed by atoms with E-state index < -0.39 is 5.41 Å². The number of anilines is 2. The lowest BCUT2D eigenvalue weighted by molar-refractivity contribution is -0.111. The Morgan fingerprint density at radius 2 is 1.85 bits per heavy atom. The topological polar surface area (TPSA) is 38.1 Å². The summed E-state index contributed by atoms with van der Waals surface area (Å²) in [5.41, 5.74) is 2.74. The molecule has 2 aromatic carbocycles. The molecule has 0 radical (unpaired) electrons. The summed E-state index contributed by atoms with van der Waals surface area (Å²) in [6.45, 7) is 5.39. The Hall–Kier alpha value is -1.75. The summed E-state index contributed by atoms with van der Waals surface area (Å²) in [7, 11) is 0. The van der Waals surface area contributed by atoms with Crippen molar-refractivity contribution in [2.24, 2.45) is 0 Å². The molecule has 0 fully saturated rings. The summed E-state index contributed by atoms with van der Waals surface area (Å²) in [5.74, 6) is 0.775. The molecule has 0 saturated carbocycles. The van der Waals surface area contributed by atoms with Gasteiger partial charge in [0, 0.05) is 23.5 Å². The largest absolute Gasteiger partial charge is 0.310 e. The quantitative estimate of drug-likeness (QED) is 0.485. The number of nitrogens with zero attached hydrogens (tertiary/aromatic N) is 3. The van der Waals surface area contributed by atoms with Gasteiger partial charge in [-0.25, -0.2) is 4.98 Å². The Morgan fingerprint density at radius 1 is 1.07 bits per heavy atom. The number of imidazole rings is 1. The SMILES string of the molecule is CC(C)(C=O)c1ccc(Cl)c2nc3n(c12)CCCN3c1ccc(Cl)cc1Cl. The number of halogens is 3. The maximum Gasteiger partial charge on any atom is 0.211 e. The Bertz CT molecular complexity index is 1060. The summed E-state index contributed by atoms with van der Waals surface area (Å²) in [6.07, 6.45) is 1.89. The van der Waals surface area contributed by atoms with Crippen molar-refractivity contribution in [3.63, 3.8) is 0 Å². The van der Waals surface area contributed by atoms with E-state index in [1.54, 1.807) is 6.07 Å². The number of hydrogen-bond acceptors (Lipinski definition) is 3. The molecule has 4 nitrogen and oxygen atoms in total. The van der Waals surface area contributed by atoms with E-state index in [2.05, 4.69) is 9.47 Å². The minimum Gasteiger partial charge on any atom is -0.310 e. The van der Waals surface area contributed by atoms with Gasteiger partial charge in [-0.05, 0) is 50.1 Å². The first-order valence-electron chi connectivity index (χ1n) is 8.71. The molecule has 2 heterocycles. The van der Waals surface area contributed by atoms with Gasteiger partial charge in [0.05, 0.1) is 21.2 Å². The summed E-state index contributed by atoms with van der Waals surface area (Å²) >= 11 is 19.0. The molecule has 0 amide bonds. The van der Waals surface area contributed by atoms with Crippen molar-refractivity contribution in [2.75, 3.05) is 11.4 Å². The number of rotatable bonds is 3. The third kappa shape index (κ3) is 3.00. The molecule has 0 unspecified atom stereocenters. The van der Waals surface area contributed by atoms with Crippen molar-refractivity contribution in [2.45, 2.75) is 32.2 Å². The van der Waals surface area contributed by atoms with E-state index in [1.807, 2.05) is 38.1 Å². The molecule has 0 saturated heterocycles. The Balaban J connectivity index is 1.98. The number of hydrogen-bond donors (Lipinski definition) is 0. The molecule has 0 N–H and O–H groups in total. The van der Waals surface area contributed by atoms with Crippen LogP contribution in [0.25, 0.3) is 11.0 Å². The third-order valence-corrected chi connectivity index (χ3v) is 5.86. The summed E-state index contributed by atoms with van der Waals surface area (Å²) in [5, 5.41) is 1.73. The molecular weight excluding hydrogens is 405 g/mol. The van der Waals surface area contributed by atoms with Gasteiger partial charge in [0.15, 0.2) is 0 Å². The van der Waals surface area contributed by atoms with Crippen LogP contribution in [0.2, 0.25) is 15.1 Å². The Morgan fingerprint density at radius 3 is 2.56 bits per heavy atom. The van der Waals surface area contributed by atoms with Crippen molar-refractivity contribution in [1.82, 2.24) is 9.55 Å². The van der Waals surface area contributed by atoms with Gasteiger partial charge in [-0.3, -0.25) is 0 Å². The fourth-order valence-corrected chi connectivity index (χ4v) is 4.32. The van der Waals surface area contributed by atoms with E-state index in [4.69, 9.17) is 39.8 Å². The average Bonchev–Trinajstić information content (AvgIpc) is 3.03. The van der Waals surface area contributed by atoms with Crippen LogP contribution < -0.4 is 4.90 Å². The molecule has 1 aliphatic rings. The van der Waals surface area contributed by atoms with E-state index >= 15 is 0 Å². The lowest BCUT2D eigenvalue weighted by atomic mass is 9.85. The first-order chi connectivity index (χ1) is 12.8. The van der Waals surface area contributed by atoms with Gasteiger partial charge >= 0.3 is 0 Å². The standard InChI is InChI=1S/C20H18Cl3N3O/c1-20(2,11-27)13-5-6-14(22)17-18(13)26-9-3-8-25(19(26)24-17)16-7-4-12(21)10-15(16)23/h4-7,10-11H,3,8-9H2,1-2H3. The first-order valence-corrected chi connectivity index (χ1v) is 9.85. The number of fused-ring (bicyclic) bond motifs is 3. The fraction of sp³-hybridized carbons (Fsp3) is 0.300. The molecule has 0 atom stereocenters. The van der Waals surface area contributed by atoms with Gasteiger partial charge in [0.25, 0.3) is 0 Å². The lowest BCUT2D eigenvalue weighted by Gasteiger charge is -2.30. The van der Waals surface area contributed by atoms with Gasteiger partial charge in [0.2, 0.25) is 5.95 Å². The Labute approximate surface area is 172 Å². The molecule has 0 aliphatic carbocycles. The number of aromatic nitrogens is 2. The first kappa shape index (κ1) is 18.6. The zero-order chi connectivity index (χ0) is 19.3. The molecule has 1 aromatic heterocycles. The third-order valence-electron chi connectivity index (χ3n) is 5.02. The molecular formula is C20H18Cl3N3O. The zero-order valence-corrected chi connectivity index (χ0v) is 17.2. The number of carbonyl (C=O) groups is 1. The number of benzene rings is 2. The van der Waals surface area contributed by atoms with Gasteiger partial charge in [-0.15, -0.1) is 0 Å². The molecule has 27 heavy (non-hydrogen) atoms. The number of carbonyl (C=O) groups excluding carboxylic acids is 1. The highest BCUT2D eigenvalue weighted by Crippen LogP contribution is 2.41. The van der Waals surface area contributed by atoms with Crippen LogP contribution >= 0.6 is 34.8 Å². The maximum atomic E-state index is 11.7. The van der Waals surface area contributed by atoms with E-state index in [-0.39, 0.29) is 0 Å². The van der Waals surface area contributed by atoms with Crippen LogP contribution in [0.4, 0.5) is 11.6 Å². The molecule has 1 aliphatic heterocycles. The van der Waals surface area contributed by atoms with Gasteiger partial charge in [-0.2, -0.15) is 0 Å². The van der Waals surface area contributed by atoms with Crippen LogP contribution in [-0.4, -0.2) is 22.4 Å². The van der Waals surface area contributed by atoms with E-state index in [1.165, 1.54) is 0 Å². The summed E-state index contributed by atoms with van der Waals surface area (Å²) < 4.78 is 2.14. The van der Waals surface area contributed by atoms with Crippen molar-refractivity contribution < 1.29 is 4.79 Å². The van der Waals surface area contributed by atoms with Crippen LogP contribution in [0, 0.1) is 0 Å². The highest BCUT2D eigenvalue weighted by molar-refractivity contribution is 6.36. The minimum atomic E-state index is -0.639. The summed E-state index contributed by atoms with van der Waals surface area (Å²) in [4.78, 5) is 18.6. The predicted molar refractivity (Wildman–Crippen MR) is 112 cm³/mol. The van der Waals surface area contributed by atoms with E-state index in [9.17, 15) is 4.79 Å². The molecule has 7 heteroatoms. The second-order valence-electron chi connectivity index (χ2n) is 7.30. The van der Waals surface area contributed by atoms with Gasteiger partial charge in [-0.1, -0.05) is 40.9 Å². The molecule has 4 rings (SSSR count). The predicted octanol–water partition coefficient (Wildman–Crippen LogP) is 6.01. The second-order valence-corrected chi connectivity index (χ2v) is 8.55. The highest BCUT2D eigenvalue weighted by Gasteiger charge is 2.30. The van der Waals surface area contributed by atoms with Crippen LogP contribution in [0.1, 0.15) is 25.8 Å². The van der Waals surface area contributed by atoms with Crippen molar-refractivity contribution >= 4 is 63.8 Å². The molecule has 3 aromatic rings. The average molecular weight is 423 g/mol. The Kier molecular flexibility index (Phi) is 4.61. The van der Waals surface area contributed by atoms with Crippen molar-refractivity contribution in [3.8, 4) is 0 Å². The zero-order valence-electron chi connectivity index (χ0n) is 15.0. The highest BCUT2D eigenvalue weighted by atomic mass is 35.5. The van der Waals surface area contributed by atoms with Crippen LogP contribution in [-0.2, 0) is 16.8 Å². The van der Waals surface area contributed by atoms with E-state index in [0.29, 0.717) is 20.6 Å². The number of aldehydes is 1. The van der Waals surface area contributed by atoms with Crippen LogP contribution in [0.3, 0.4) is 0 Å². The molecule has 140 valence electrons. The van der Waals surface area contributed by atoms with Crippen LogP contribution in [0.15, 0.2) is 30.3 Å². The summed E-state index contributed by atoms with van der Waals surface area (Å²) in [6, 6.07) is 9.18. The smallest absolute Gasteiger partial charge is 0.211 e. The van der Waals surface area contributed by atoms with Crippen LogP contribution in [0.5, 0.6) is 0 Å². The maximum absolute atomic E-state index is 11.7. The number of aryl methyl sites for hydroxylation is 1. The fourth-order valence-electron chi connectivity index (χ4n) is 3.61. The van der Waals surface area contributed by atoms with Gasteiger partial charge in [0.1, 0.15) is 11.8 Å². The molecule has 0 spiro atoms. The van der Waals surface area contributed by atoms with Gasteiger partial charge < -0.3 is 14.3 Å². The van der Waals surface area contributed by atoms with Crippen molar-refractivity contribution in [1.29, 1.82) is 0 Å². The molecule has 0 bridgehead atoms. The van der Waals surface area contributed by atoms with Crippen molar-refractivity contribution in [3.05, 3.63) is 51.0 Å². The monoisotopic (exact) mass is 421 g/mol. The lowest BCUT2D eigenvalue weighted by Crippen LogP contribution is -2.29. The van der Waals surface area contributed by atoms with E-state index in [0.717, 1.165) is 48.5 Å². The minimum absolute atomic E-state index is 0.569. The normalized spacial score (nSPS) is 14.5. The second kappa shape index (κ2) is 6.69.